The summed E-state index contributed by atoms with van der Waals surface area (Å²) in [6.45, 7) is 6.34. The normalized spacial score (nSPS) is 12.3. The van der Waals surface area contributed by atoms with Gasteiger partial charge in [0.1, 0.15) is 0 Å². The highest BCUT2D eigenvalue weighted by atomic mass is 14.8. The average molecular weight is 224 g/mol. The molecule has 2 nitrogen and oxygen atoms in total. The Bertz CT molecular complexity index is 172. The van der Waals surface area contributed by atoms with Gasteiger partial charge in [-0.2, -0.15) is 5.26 Å². The molecule has 1 unspecified atom stereocenters. The third kappa shape index (κ3) is 9.98. The van der Waals surface area contributed by atoms with E-state index in [1.165, 1.54) is 38.5 Å². The van der Waals surface area contributed by atoms with Crippen LogP contribution in [0.15, 0.2) is 0 Å². The summed E-state index contributed by atoms with van der Waals surface area (Å²) >= 11 is 0. The van der Waals surface area contributed by atoms with Gasteiger partial charge in [-0.25, -0.2) is 0 Å². The smallest absolute Gasteiger partial charge is 0.0669 e. The van der Waals surface area contributed by atoms with Crippen molar-refractivity contribution in [2.75, 3.05) is 13.1 Å². The molecule has 1 N–H and O–H groups in total. The molecule has 1 atom stereocenters. The van der Waals surface area contributed by atoms with Crippen LogP contribution in [0, 0.1) is 17.2 Å². The zero-order chi connectivity index (χ0) is 12.1. The fourth-order valence-electron chi connectivity index (χ4n) is 1.87. The molecule has 2 heteroatoms. The number of nitrogens with one attached hydrogen (secondary N) is 1. The van der Waals surface area contributed by atoms with Gasteiger partial charge in [0.25, 0.3) is 0 Å². The SMILES string of the molecule is CCCCCCCCNCC(C#N)CCC. The van der Waals surface area contributed by atoms with Gasteiger partial charge >= 0.3 is 0 Å². The molecule has 0 heterocycles. The van der Waals surface area contributed by atoms with Crippen LogP contribution in [0.4, 0.5) is 0 Å². The molecule has 0 aromatic carbocycles. The fraction of sp³-hybridized carbons (Fsp3) is 0.929. The van der Waals surface area contributed by atoms with E-state index in [1.807, 2.05) is 0 Å². The Balaban J connectivity index is 3.16. The lowest BCUT2D eigenvalue weighted by Crippen LogP contribution is -2.23. The number of hydrogen-bond donors (Lipinski definition) is 1. The molecule has 0 rings (SSSR count). The van der Waals surface area contributed by atoms with E-state index in [4.69, 9.17) is 5.26 Å². The van der Waals surface area contributed by atoms with E-state index in [1.54, 1.807) is 0 Å². The molecule has 0 aliphatic heterocycles. The first-order valence-electron chi connectivity index (χ1n) is 6.95. The summed E-state index contributed by atoms with van der Waals surface area (Å²) in [7, 11) is 0. The van der Waals surface area contributed by atoms with E-state index in [0.29, 0.717) is 0 Å². The van der Waals surface area contributed by atoms with Crippen LogP contribution in [0.1, 0.15) is 65.2 Å². The quantitative estimate of drug-likeness (QED) is 0.541. The molecule has 0 aliphatic rings. The second-order valence-corrected chi connectivity index (χ2v) is 4.59. The van der Waals surface area contributed by atoms with E-state index in [0.717, 1.165) is 25.9 Å². The van der Waals surface area contributed by atoms with Crippen molar-refractivity contribution >= 4 is 0 Å². The van der Waals surface area contributed by atoms with Crippen molar-refractivity contribution in [1.29, 1.82) is 5.26 Å². The van der Waals surface area contributed by atoms with Crippen LogP contribution in [0.2, 0.25) is 0 Å². The molecule has 0 aromatic rings. The molecule has 94 valence electrons. The number of rotatable bonds is 11. The Hall–Kier alpha value is -0.550. The molecule has 0 bridgehead atoms. The molecule has 0 fully saturated rings. The predicted molar refractivity (Wildman–Crippen MR) is 70.3 cm³/mol. The summed E-state index contributed by atoms with van der Waals surface area (Å²) in [5.74, 6) is 0.213. The summed E-state index contributed by atoms with van der Waals surface area (Å²) in [4.78, 5) is 0. The summed E-state index contributed by atoms with van der Waals surface area (Å²) in [5.41, 5.74) is 0. The monoisotopic (exact) mass is 224 g/mol. The predicted octanol–water partition coefficient (Wildman–Crippen LogP) is 3.88. The molecule has 0 aliphatic carbocycles. The van der Waals surface area contributed by atoms with Gasteiger partial charge in [-0.05, 0) is 19.4 Å². The fourth-order valence-corrected chi connectivity index (χ4v) is 1.87. The molecule has 0 saturated heterocycles. The number of nitrogens with zero attached hydrogens (tertiary/aromatic N) is 1. The number of unbranched alkanes of at least 4 members (excludes halogenated alkanes) is 5. The van der Waals surface area contributed by atoms with Crippen LogP contribution in [0.5, 0.6) is 0 Å². The van der Waals surface area contributed by atoms with E-state index < -0.39 is 0 Å². The van der Waals surface area contributed by atoms with Gasteiger partial charge in [0.15, 0.2) is 0 Å². The Kier molecular flexibility index (Phi) is 12.1. The van der Waals surface area contributed by atoms with Crippen LogP contribution in [0.3, 0.4) is 0 Å². The molecule has 16 heavy (non-hydrogen) atoms. The first kappa shape index (κ1) is 15.4. The molecular weight excluding hydrogens is 196 g/mol. The molecule has 0 amide bonds. The van der Waals surface area contributed by atoms with Gasteiger partial charge in [-0.3, -0.25) is 0 Å². The Morgan fingerprint density at radius 3 is 2.31 bits per heavy atom. The maximum atomic E-state index is 8.87. The highest BCUT2D eigenvalue weighted by molar-refractivity contribution is 4.83. The van der Waals surface area contributed by atoms with Crippen molar-refractivity contribution < 1.29 is 0 Å². The van der Waals surface area contributed by atoms with Gasteiger partial charge in [-0.15, -0.1) is 0 Å². The summed E-state index contributed by atoms with van der Waals surface area (Å²) < 4.78 is 0. The van der Waals surface area contributed by atoms with Gasteiger partial charge < -0.3 is 5.32 Å². The van der Waals surface area contributed by atoms with Crippen molar-refractivity contribution in [1.82, 2.24) is 5.32 Å². The average Bonchev–Trinajstić information content (AvgIpc) is 2.31. The first-order valence-corrected chi connectivity index (χ1v) is 6.95. The molecular formula is C14H28N2. The second-order valence-electron chi connectivity index (χ2n) is 4.59. The molecule has 0 saturated carbocycles. The molecule has 0 radical (unpaired) electrons. The van der Waals surface area contributed by atoms with Gasteiger partial charge in [0.2, 0.25) is 0 Å². The largest absolute Gasteiger partial charge is 0.315 e. The van der Waals surface area contributed by atoms with Crippen molar-refractivity contribution in [3.63, 3.8) is 0 Å². The van der Waals surface area contributed by atoms with Crippen molar-refractivity contribution in [2.45, 2.75) is 65.2 Å². The second kappa shape index (κ2) is 12.5. The minimum Gasteiger partial charge on any atom is -0.315 e. The first-order chi connectivity index (χ1) is 7.85. The zero-order valence-corrected chi connectivity index (χ0v) is 11.1. The zero-order valence-electron chi connectivity index (χ0n) is 11.1. The van der Waals surface area contributed by atoms with E-state index >= 15 is 0 Å². The van der Waals surface area contributed by atoms with E-state index in [2.05, 4.69) is 25.2 Å². The van der Waals surface area contributed by atoms with Gasteiger partial charge in [0.05, 0.1) is 12.0 Å². The van der Waals surface area contributed by atoms with Gasteiger partial charge in [-0.1, -0.05) is 52.4 Å². The van der Waals surface area contributed by atoms with Crippen LogP contribution in [-0.4, -0.2) is 13.1 Å². The minimum atomic E-state index is 0.213. The Morgan fingerprint density at radius 1 is 1.00 bits per heavy atom. The summed E-state index contributed by atoms with van der Waals surface area (Å²) in [6.07, 6.45) is 10.2. The lowest BCUT2D eigenvalue weighted by molar-refractivity contribution is 0.508. The highest BCUT2D eigenvalue weighted by Crippen LogP contribution is 2.05. The van der Waals surface area contributed by atoms with Gasteiger partial charge in [0, 0.05) is 6.54 Å². The topological polar surface area (TPSA) is 35.8 Å². The molecule has 0 aromatic heterocycles. The highest BCUT2D eigenvalue weighted by Gasteiger charge is 2.04. The van der Waals surface area contributed by atoms with E-state index in [-0.39, 0.29) is 5.92 Å². The van der Waals surface area contributed by atoms with Crippen LogP contribution < -0.4 is 5.32 Å². The number of nitriles is 1. The lowest BCUT2D eigenvalue weighted by atomic mass is 10.1. The summed E-state index contributed by atoms with van der Waals surface area (Å²) in [5, 5.41) is 12.3. The maximum Gasteiger partial charge on any atom is 0.0669 e. The maximum absolute atomic E-state index is 8.87. The van der Waals surface area contributed by atoms with Crippen LogP contribution >= 0.6 is 0 Å². The lowest BCUT2D eigenvalue weighted by Gasteiger charge is -2.08. The Morgan fingerprint density at radius 2 is 1.69 bits per heavy atom. The Labute approximate surface area is 101 Å². The number of hydrogen-bond acceptors (Lipinski definition) is 2. The van der Waals surface area contributed by atoms with Crippen molar-refractivity contribution in [3.8, 4) is 6.07 Å². The third-order valence-corrected chi connectivity index (χ3v) is 2.92. The van der Waals surface area contributed by atoms with E-state index in [9.17, 15) is 0 Å². The standard InChI is InChI=1S/C14H28N2/c1-3-5-6-7-8-9-11-16-13-14(12-15)10-4-2/h14,16H,3-11,13H2,1-2H3. The summed E-state index contributed by atoms with van der Waals surface area (Å²) in [6, 6.07) is 2.36. The minimum absolute atomic E-state index is 0.213. The van der Waals surface area contributed by atoms with Crippen molar-refractivity contribution in [3.05, 3.63) is 0 Å². The molecule has 0 spiro atoms. The van der Waals surface area contributed by atoms with Crippen molar-refractivity contribution in [2.24, 2.45) is 5.92 Å². The van der Waals surface area contributed by atoms with Crippen LogP contribution in [-0.2, 0) is 0 Å². The third-order valence-electron chi connectivity index (χ3n) is 2.92. The van der Waals surface area contributed by atoms with Crippen LogP contribution in [0.25, 0.3) is 0 Å².